The Morgan fingerprint density at radius 1 is 1.21 bits per heavy atom. The fraction of sp³-hybridized carbons (Fsp3) is 0.609. The molecule has 2 aliphatic rings. The lowest BCUT2D eigenvalue weighted by atomic mass is 9.81. The van der Waals surface area contributed by atoms with Crippen LogP contribution in [0.1, 0.15) is 37.7 Å². The third-order valence-corrected chi connectivity index (χ3v) is 6.31. The number of hydrogen-bond donors (Lipinski definition) is 2. The number of nitrogens with zero attached hydrogens (tertiary/aromatic N) is 2. The molecule has 11 heteroatoms. The van der Waals surface area contributed by atoms with Crippen LogP contribution in [0.4, 0.5) is 13.6 Å². The lowest BCUT2D eigenvalue weighted by Gasteiger charge is -2.33. The van der Waals surface area contributed by atoms with E-state index in [1.165, 1.54) is 11.9 Å². The van der Waals surface area contributed by atoms with E-state index in [0.717, 1.165) is 10.5 Å². The van der Waals surface area contributed by atoms with E-state index in [4.69, 9.17) is 10.5 Å². The van der Waals surface area contributed by atoms with Crippen LogP contribution in [0.2, 0.25) is 0 Å². The second-order valence-electron chi connectivity index (χ2n) is 8.97. The number of hydrogen-bond acceptors (Lipinski definition) is 5. The van der Waals surface area contributed by atoms with Crippen molar-refractivity contribution in [2.75, 3.05) is 26.7 Å². The molecule has 190 valence electrons. The minimum absolute atomic E-state index is 0. The highest BCUT2D eigenvalue weighted by Crippen LogP contribution is 2.30. The molecule has 1 unspecified atom stereocenters. The maximum Gasteiger partial charge on any atom is 0.410 e. The van der Waals surface area contributed by atoms with Crippen LogP contribution in [0.3, 0.4) is 0 Å². The topological polar surface area (TPSA) is 105 Å². The van der Waals surface area contributed by atoms with Crippen LogP contribution in [0.25, 0.3) is 0 Å². The van der Waals surface area contributed by atoms with E-state index >= 15 is 0 Å². The molecule has 34 heavy (non-hydrogen) atoms. The van der Waals surface area contributed by atoms with Gasteiger partial charge in [-0.25, -0.2) is 13.6 Å². The summed E-state index contributed by atoms with van der Waals surface area (Å²) in [4.78, 5) is 39.3. The molecule has 0 aromatic heterocycles. The number of rotatable bonds is 7. The van der Waals surface area contributed by atoms with E-state index in [9.17, 15) is 23.2 Å². The Morgan fingerprint density at radius 2 is 1.85 bits per heavy atom. The molecule has 1 aromatic rings. The van der Waals surface area contributed by atoms with Crippen LogP contribution in [-0.4, -0.2) is 72.4 Å². The molecule has 0 radical (unpaired) electrons. The Morgan fingerprint density at radius 3 is 2.44 bits per heavy atom. The molecule has 1 saturated heterocycles. The van der Waals surface area contributed by atoms with Gasteiger partial charge in [0.25, 0.3) is 5.92 Å². The molecular weight excluding hydrogens is 470 g/mol. The SMILES string of the molecule is CN(CC(=O)NC1CCC(C(N)C(=O)N2CCC(F)(F)C2)CC1)C(=O)OCc1ccccc1.Cl. The number of carbonyl (C=O) groups is 3. The maximum absolute atomic E-state index is 13.4. The predicted octanol–water partition coefficient (Wildman–Crippen LogP) is 2.55. The summed E-state index contributed by atoms with van der Waals surface area (Å²) < 4.78 is 32.0. The second-order valence-corrected chi connectivity index (χ2v) is 8.97. The van der Waals surface area contributed by atoms with Gasteiger partial charge in [-0.15, -0.1) is 12.4 Å². The Labute approximate surface area is 204 Å². The standard InChI is InChI=1S/C23H32F2N4O4.ClH/c1-28(22(32)33-14-16-5-3-2-4-6-16)13-19(30)27-18-9-7-17(8-10-18)20(26)21(31)29-12-11-23(24,25)15-29;/h2-6,17-18,20H,7-15,26H2,1H3,(H,27,30);1H. The van der Waals surface area contributed by atoms with E-state index in [-0.39, 0.29) is 56.4 Å². The minimum atomic E-state index is -2.83. The Hall–Kier alpha value is -2.46. The third-order valence-electron chi connectivity index (χ3n) is 6.31. The van der Waals surface area contributed by atoms with Gasteiger partial charge in [-0.05, 0) is 37.2 Å². The lowest BCUT2D eigenvalue weighted by Crippen LogP contribution is -2.50. The van der Waals surface area contributed by atoms with Crippen LogP contribution in [0.15, 0.2) is 30.3 Å². The molecule has 3 amide bonds. The number of carbonyl (C=O) groups excluding carboxylic acids is 3. The van der Waals surface area contributed by atoms with Crippen molar-refractivity contribution < 1.29 is 27.9 Å². The molecule has 1 atom stereocenters. The average Bonchev–Trinajstić information content (AvgIpc) is 3.17. The number of amides is 3. The van der Waals surface area contributed by atoms with E-state index in [1.807, 2.05) is 30.3 Å². The molecule has 1 aromatic carbocycles. The molecule has 3 N–H and O–H groups in total. The molecule has 2 fully saturated rings. The van der Waals surface area contributed by atoms with Crippen molar-refractivity contribution in [3.8, 4) is 0 Å². The van der Waals surface area contributed by atoms with E-state index in [0.29, 0.717) is 25.7 Å². The molecular formula is C23H33ClF2N4O4. The van der Waals surface area contributed by atoms with Gasteiger partial charge in [0.05, 0.1) is 12.6 Å². The summed E-state index contributed by atoms with van der Waals surface area (Å²) in [5.41, 5.74) is 6.95. The van der Waals surface area contributed by atoms with Crippen molar-refractivity contribution in [3.63, 3.8) is 0 Å². The van der Waals surface area contributed by atoms with Crippen molar-refractivity contribution in [2.45, 2.75) is 56.7 Å². The molecule has 0 spiro atoms. The molecule has 8 nitrogen and oxygen atoms in total. The smallest absolute Gasteiger partial charge is 0.410 e. The molecule has 1 aliphatic heterocycles. The van der Waals surface area contributed by atoms with Gasteiger partial charge < -0.3 is 25.6 Å². The summed E-state index contributed by atoms with van der Waals surface area (Å²) in [7, 11) is 1.50. The fourth-order valence-corrected chi connectivity index (χ4v) is 4.34. The Bertz CT molecular complexity index is 838. The Balaban J connectivity index is 0.00000408. The molecule has 3 rings (SSSR count). The first-order valence-corrected chi connectivity index (χ1v) is 11.3. The molecule has 1 saturated carbocycles. The second kappa shape index (κ2) is 12.3. The monoisotopic (exact) mass is 502 g/mol. The van der Waals surface area contributed by atoms with Crippen molar-refractivity contribution in [1.82, 2.24) is 15.1 Å². The van der Waals surface area contributed by atoms with Gasteiger partial charge >= 0.3 is 6.09 Å². The summed E-state index contributed by atoms with van der Waals surface area (Å²) >= 11 is 0. The van der Waals surface area contributed by atoms with E-state index < -0.39 is 30.5 Å². The predicted molar refractivity (Wildman–Crippen MR) is 125 cm³/mol. The number of nitrogens with two attached hydrogens (primary N) is 1. The highest BCUT2D eigenvalue weighted by molar-refractivity contribution is 5.85. The van der Waals surface area contributed by atoms with Crippen molar-refractivity contribution in [2.24, 2.45) is 11.7 Å². The van der Waals surface area contributed by atoms with Crippen LogP contribution >= 0.6 is 12.4 Å². The van der Waals surface area contributed by atoms with Gasteiger partial charge in [-0.2, -0.15) is 0 Å². The molecule has 1 heterocycles. The number of likely N-dealkylation sites (N-methyl/N-ethyl adjacent to an activating group) is 1. The number of ether oxygens (including phenoxy) is 1. The zero-order valence-corrected chi connectivity index (χ0v) is 20.1. The first-order valence-electron chi connectivity index (χ1n) is 11.3. The zero-order valence-electron chi connectivity index (χ0n) is 19.3. The largest absolute Gasteiger partial charge is 0.445 e. The quantitative estimate of drug-likeness (QED) is 0.596. The fourth-order valence-electron chi connectivity index (χ4n) is 4.34. The zero-order chi connectivity index (χ0) is 24.0. The van der Waals surface area contributed by atoms with Gasteiger partial charge in [0.2, 0.25) is 11.8 Å². The summed E-state index contributed by atoms with van der Waals surface area (Å²) in [6.07, 6.45) is 1.60. The van der Waals surface area contributed by atoms with Gasteiger partial charge in [0.15, 0.2) is 0 Å². The van der Waals surface area contributed by atoms with Gasteiger partial charge in [-0.3, -0.25) is 9.59 Å². The number of halogens is 3. The van der Waals surface area contributed by atoms with Gasteiger partial charge in [-0.1, -0.05) is 30.3 Å². The number of benzene rings is 1. The van der Waals surface area contributed by atoms with Gasteiger partial charge in [0.1, 0.15) is 13.2 Å². The van der Waals surface area contributed by atoms with E-state index in [1.54, 1.807) is 0 Å². The summed E-state index contributed by atoms with van der Waals surface area (Å²) in [6, 6.07) is 8.37. The highest BCUT2D eigenvalue weighted by atomic mass is 35.5. The Kier molecular flexibility index (Phi) is 10.1. The first kappa shape index (κ1) is 27.8. The third kappa shape index (κ3) is 7.80. The van der Waals surface area contributed by atoms with Crippen LogP contribution in [-0.2, 0) is 20.9 Å². The molecule has 0 bridgehead atoms. The number of likely N-dealkylation sites (tertiary alicyclic amines) is 1. The lowest BCUT2D eigenvalue weighted by molar-refractivity contribution is -0.134. The van der Waals surface area contributed by atoms with Crippen LogP contribution in [0.5, 0.6) is 0 Å². The summed E-state index contributed by atoms with van der Waals surface area (Å²) in [5, 5.41) is 2.91. The van der Waals surface area contributed by atoms with Gasteiger partial charge in [0, 0.05) is 26.1 Å². The van der Waals surface area contributed by atoms with E-state index in [2.05, 4.69) is 5.32 Å². The first-order chi connectivity index (χ1) is 15.6. The van der Waals surface area contributed by atoms with Crippen molar-refractivity contribution in [3.05, 3.63) is 35.9 Å². The number of alkyl halides is 2. The normalized spacial score (nSPS) is 22.3. The molecule has 1 aliphatic carbocycles. The maximum atomic E-state index is 13.4. The van der Waals surface area contributed by atoms with Crippen molar-refractivity contribution in [1.29, 1.82) is 0 Å². The minimum Gasteiger partial charge on any atom is -0.445 e. The van der Waals surface area contributed by atoms with Crippen molar-refractivity contribution >= 4 is 30.3 Å². The summed E-state index contributed by atoms with van der Waals surface area (Å²) in [6.45, 7) is -0.531. The van der Waals surface area contributed by atoms with Crippen LogP contribution < -0.4 is 11.1 Å². The number of nitrogens with one attached hydrogen (secondary N) is 1. The summed E-state index contributed by atoms with van der Waals surface area (Å²) in [5.74, 6) is -3.65. The average molecular weight is 503 g/mol. The van der Waals surface area contributed by atoms with Crippen LogP contribution in [0, 0.1) is 5.92 Å². The highest BCUT2D eigenvalue weighted by Gasteiger charge is 2.42.